The zero-order chi connectivity index (χ0) is 22.0. The van der Waals surface area contributed by atoms with Crippen molar-refractivity contribution in [2.24, 2.45) is 0 Å². The van der Waals surface area contributed by atoms with E-state index in [-0.39, 0.29) is 24.3 Å². The van der Waals surface area contributed by atoms with E-state index in [1.54, 1.807) is 6.07 Å². The van der Waals surface area contributed by atoms with E-state index in [1.165, 1.54) is 7.11 Å². The molecule has 3 aromatic rings. The molecule has 1 amide bonds. The maximum Gasteiger partial charge on any atom is 0.307 e. The molecule has 6 heteroatoms. The average Bonchev–Trinajstić information content (AvgIpc) is 3.07. The number of nitrogens with one attached hydrogen (secondary N) is 1. The van der Waals surface area contributed by atoms with Gasteiger partial charge >= 0.3 is 5.97 Å². The van der Waals surface area contributed by atoms with Crippen LogP contribution in [0.2, 0.25) is 5.02 Å². The molecule has 0 bridgehead atoms. The first-order valence-corrected chi connectivity index (χ1v) is 10.3. The van der Waals surface area contributed by atoms with Gasteiger partial charge in [-0.3, -0.25) is 9.59 Å². The molecule has 0 saturated carbocycles. The minimum absolute atomic E-state index is 0.104. The summed E-state index contributed by atoms with van der Waals surface area (Å²) in [6.07, 6.45) is 0.104. The number of aryl methyl sites for hydroxylation is 1. The molecule has 0 unspecified atom stereocenters. The Labute approximate surface area is 185 Å². The molecule has 0 spiro atoms. The molecule has 1 N–H and O–H groups in total. The summed E-state index contributed by atoms with van der Waals surface area (Å²) in [6, 6.07) is 19.0. The van der Waals surface area contributed by atoms with Gasteiger partial charge in [0.05, 0.1) is 19.6 Å². The molecule has 1 aliphatic heterocycles. The molecule has 31 heavy (non-hydrogen) atoms. The zero-order valence-corrected chi connectivity index (χ0v) is 18.0. The molecule has 0 aliphatic carbocycles. The second-order valence-electron chi connectivity index (χ2n) is 7.50. The van der Waals surface area contributed by atoms with Crippen molar-refractivity contribution in [1.29, 1.82) is 0 Å². The third-order valence-corrected chi connectivity index (χ3v) is 5.62. The van der Waals surface area contributed by atoms with Crippen molar-refractivity contribution in [2.75, 3.05) is 7.11 Å². The number of fused-ring (bicyclic) bond motifs is 1. The number of hydrogen-bond donors (Lipinski definition) is 1. The minimum Gasteiger partial charge on any atom is -0.489 e. The van der Waals surface area contributed by atoms with Crippen LogP contribution in [0, 0.1) is 6.92 Å². The van der Waals surface area contributed by atoms with Crippen LogP contribution in [-0.4, -0.2) is 19.0 Å². The maximum absolute atomic E-state index is 12.3. The second kappa shape index (κ2) is 8.82. The lowest BCUT2D eigenvalue weighted by atomic mass is 9.99. The summed E-state index contributed by atoms with van der Waals surface area (Å²) >= 11 is 6.07. The number of carbonyl (C=O) groups excluding carboxylic acids is 2. The van der Waals surface area contributed by atoms with Crippen molar-refractivity contribution in [3.05, 3.63) is 87.9 Å². The minimum atomic E-state index is -0.372. The molecule has 0 aromatic heterocycles. The van der Waals surface area contributed by atoms with Crippen LogP contribution in [0.15, 0.2) is 60.7 Å². The molecule has 3 aromatic carbocycles. The van der Waals surface area contributed by atoms with Gasteiger partial charge in [0.25, 0.3) is 5.91 Å². The molecule has 0 saturated heterocycles. The van der Waals surface area contributed by atoms with Crippen LogP contribution >= 0.6 is 11.6 Å². The lowest BCUT2D eigenvalue weighted by molar-refractivity contribution is -0.141. The topological polar surface area (TPSA) is 64.6 Å². The lowest BCUT2D eigenvalue weighted by Gasteiger charge is -2.12. The number of hydrogen-bond acceptors (Lipinski definition) is 4. The molecule has 0 radical (unpaired) electrons. The van der Waals surface area contributed by atoms with Crippen molar-refractivity contribution in [3.8, 4) is 16.9 Å². The van der Waals surface area contributed by atoms with Crippen LogP contribution in [-0.2, 0) is 16.1 Å². The summed E-state index contributed by atoms with van der Waals surface area (Å²) in [7, 11) is 1.33. The van der Waals surface area contributed by atoms with Gasteiger partial charge in [-0.15, -0.1) is 0 Å². The molecule has 158 valence electrons. The highest BCUT2D eigenvalue weighted by Gasteiger charge is 2.30. The quantitative estimate of drug-likeness (QED) is 0.537. The van der Waals surface area contributed by atoms with Gasteiger partial charge in [-0.05, 0) is 65.1 Å². The number of ether oxygens (including phenoxy) is 2. The van der Waals surface area contributed by atoms with Gasteiger partial charge < -0.3 is 14.8 Å². The van der Waals surface area contributed by atoms with Crippen molar-refractivity contribution < 1.29 is 19.1 Å². The smallest absolute Gasteiger partial charge is 0.307 e. The molecule has 0 fully saturated rings. The molecule has 1 atom stereocenters. The number of carbonyl (C=O) groups is 2. The maximum atomic E-state index is 12.3. The summed E-state index contributed by atoms with van der Waals surface area (Å²) in [5, 5.41) is 3.53. The highest BCUT2D eigenvalue weighted by atomic mass is 35.5. The van der Waals surface area contributed by atoms with Crippen molar-refractivity contribution >= 4 is 23.5 Å². The van der Waals surface area contributed by atoms with Crippen molar-refractivity contribution in [3.63, 3.8) is 0 Å². The van der Waals surface area contributed by atoms with Crippen LogP contribution < -0.4 is 10.1 Å². The van der Waals surface area contributed by atoms with Gasteiger partial charge in [0, 0.05) is 10.6 Å². The highest BCUT2D eigenvalue weighted by Crippen LogP contribution is 2.32. The van der Waals surface area contributed by atoms with E-state index >= 15 is 0 Å². The number of amides is 1. The first kappa shape index (κ1) is 20.9. The van der Waals surface area contributed by atoms with Gasteiger partial charge in [0.2, 0.25) is 0 Å². The number of rotatable bonds is 6. The summed E-state index contributed by atoms with van der Waals surface area (Å²) in [5.41, 5.74) is 5.64. The fourth-order valence-corrected chi connectivity index (χ4v) is 4.02. The Morgan fingerprint density at radius 3 is 2.68 bits per heavy atom. The van der Waals surface area contributed by atoms with Gasteiger partial charge in [0.1, 0.15) is 12.4 Å². The van der Waals surface area contributed by atoms with E-state index in [2.05, 4.69) is 17.4 Å². The van der Waals surface area contributed by atoms with E-state index in [9.17, 15) is 9.59 Å². The highest BCUT2D eigenvalue weighted by molar-refractivity contribution is 6.30. The normalized spacial score (nSPS) is 14.7. The Morgan fingerprint density at radius 2 is 1.90 bits per heavy atom. The Balaban J connectivity index is 1.49. The number of methoxy groups -OCH3 is 1. The third kappa shape index (κ3) is 4.57. The second-order valence-corrected chi connectivity index (χ2v) is 7.94. The van der Waals surface area contributed by atoms with E-state index in [0.717, 1.165) is 32.8 Å². The molecule has 5 nitrogen and oxygen atoms in total. The Bertz CT molecular complexity index is 1160. The summed E-state index contributed by atoms with van der Waals surface area (Å²) in [6.45, 7) is 2.40. The van der Waals surface area contributed by atoms with Crippen LogP contribution in [0.1, 0.15) is 39.5 Å². The predicted octanol–water partition coefficient (Wildman–Crippen LogP) is 5.24. The van der Waals surface area contributed by atoms with Gasteiger partial charge in [-0.25, -0.2) is 0 Å². The lowest BCUT2D eigenvalue weighted by Crippen LogP contribution is -2.21. The number of benzene rings is 3. The Kier molecular flexibility index (Phi) is 5.96. The Morgan fingerprint density at radius 1 is 1.06 bits per heavy atom. The molecule has 1 heterocycles. The fraction of sp³-hybridized carbons (Fsp3) is 0.200. The third-order valence-electron chi connectivity index (χ3n) is 5.38. The largest absolute Gasteiger partial charge is 0.489 e. The summed E-state index contributed by atoms with van der Waals surface area (Å²) in [5.74, 6) is 0.0181. The first-order chi connectivity index (χ1) is 14.9. The van der Waals surface area contributed by atoms with Crippen molar-refractivity contribution in [1.82, 2.24) is 5.32 Å². The summed E-state index contributed by atoms with van der Waals surface area (Å²) < 4.78 is 10.7. The Hall–Kier alpha value is -3.31. The first-order valence-electron chi connectivity index (χ1n) is 9.94. The van der Waals surface area contributed by atoms with Gasteiger partial charge in [0.15, 0.2) is 0 Å². The fourth-order valence-electron chi connectivity index (χ4n) is 3.80. The molecular formula is C25H22ClNO4. The van der Waals surface area contributed by atoms with Crippen LogP contribution in [0.25, 0.3) is 11.1 Å². The van der Waals surface area contributed by atoms with Crippen LogP contribution in [0.5, 0.6) is 5.75 Å². The van der Waals surface area contributed by atoms with E-state index in [4.69, 9.17) is 21.1 Å². The monoisotopic (exact) mass is 435 g/mol. The van der Waals surface area contributed by atoms with E-state index in [0.29, 0.717) is 17.9 Å². The molecular weight excluding hydrogens is 414 g/mol. The van der Waals surface area contributed by atoms with Gasteiger partial charge in [-0.1, -0.05) is 41.9 Å². The predicted molar refractivity (Wildman–Crippen MR) is 119 cm³/mol. The number of halogens is 1. The van der Waals surface area contributed by atoms with Gasteiger partial charge in [-0.2, -0.15) is 0 Å². The SMILES string of the molecule is COC(=O)C[C@H]1NC(=O)c2cc(OCc3cccc(-c4ccc(Cl)cc4C)c3)ccc21. The standard InChI is InChI=1S/C25H22ClNO4/c1-15-10-18(26)6-8-20(15)17-5-3-4-16(11-17)14-31-19-7-9-21-22(12-19)25(29)27-23(21)13-24(28)30-2/h3-12,23H,13-14H2,1-2H3,(H,27,29)/t23-/m1/s1. The summed E-state index contributed by atoms with van der Waals surface area (Å²) in [4.78, 5) is 23.9. The van der Waals surface area contributed by atoms with Crippen molar-refractivity contribution in [2.45, 2.75) is 26.0 Å². The van der Waals surface area contributed by atoms with Crippen LogP contribution in [0.3, 0.4) is 0 Å². The zero-order valence-electron chi connectivity index (χ0n) is 17.3. The van der Waals surface area contributed by atoms with E-state index < -0.39 is 0 Å². The van der Waals surface area contributed by atoms with Crippen LogP contribution in [0.4, 0.5) is 0 Å². The molecule has 1 aliphatic rings. The average molecular weight is 436 g/mol. The number of esters is 1. The van der Waals surface area contributed by atoms with E-state index in [1.807, 2.05) is 49.4 Å². The molecule has 4 rings (SSSR count).